The van der Waals surface area contributed by atoms with Gasteiger partial charge in [-0.15, -0.1) is 16.1 Å². The van der Waals surface area contributed by atoms with Gasteiger partial charge in [0.15, 0.2) is 0 Å². The van der Waals surface area contributed by atoms with Crippen LogP contribution in [0.5, 0.6) is 0 Å². The molecule has 10 heavy (non-hydrogen) atoms. The Kier molecular flexibility index (Phi) is 7.01. The predicted octanol–water partition coefficient (Wildman–Crippen LogP) is 1.70. The van der Waals surface area contributed by atoms with Gasteiger partial charge in [0.1, 0.15) is 6.61 Å². The Hall–Kier alpha value is 0.790. The summed E-state index contributed by atoms with van der Waals surface area (Å²) in [6.07, 6.45) is 0. The van der Waals surface area contributed by atoms with E-state index in [-0.39, 0.29) is 17.8 Å². The number of aliphatic hydroxyl groups is 1. The molecule has 3 nitrogen and oxygen atoms in total. The highest BCUT2D eigenvalue weighted by molar-refractivity contribution is 9.09. The number of halogens is 2. The Labute approximate surface area is 73.7 Å². The molecule has 1 N–H and O–H groups in total. The van der Waals surface area contributed by atoms with Gasteiger partial charge in [-0.1, -0.05) is 15.9 Å². The minimum absolute atomic E-state index is 0.209. The first-order valence-electron chi connectivity index (χ1n) is 2.61. The Morgan fingerprint density at radius 2 is 2.40 bits per heavy atom. The van der Waals surface area contributed by atoms with Crippen molar-refractivity contribution in [1.29, 1.82) is 0 Å². The lowest BCUT2D eigenvalue weighted by Gasteiger charge is -1.90. The van der Waals surface area contributed by atoms with Crippen LogP contribution in [0, 0.1) is 0 Å². The average molecular weight is 250 g/mol. The molecular weight excluding hydrogens is 242 g/mol. The van der Waals surface area contributed by atoms with Crippen molar-refractivity contribution >= 4 is 35.6 Å². The minimum atomic E-state index is -1.97. The van der Waals surface area contributed by atoms with Crippen LogP contribution >= 0.6 is 35.6 Å². The number of hydrogen-bond donors (Lipinski definition) is 1. The van der Waals surface area contributed by atoms with Crippen molar-refractivity contribution in [3.05, 3.63) is 0 Å². The Balaban J connectivity index is 3.42. The average Bonchev–Trinajstić information content (AvgIpc) is 1.98. The van der Waals surface area contributed by atoms with Crippen LogP contribution in [0.4, 0.5) is 0 Å². The zero-order chi connectivity index (χ0) is 7.98. The zero-order valence-corrected chi connectivity index (χ0v) is 8.40. The normalized spacial score (nSPS) is 14.9. The Morgan fingerprint density at radius 3 is 2.80 bits per heavy atom. The number of alkyl halides is 2. The van der Waals surface area contributed by atoms with Crippen molar-refractivity contribution in [2.24, 2.45) is 0 Å². The molecule has 0 spiro atoms. The maximum absolute atomic E-state index is 10.7. The highest BCUT2D eigenvalue weighted by atomic mass is 79.9. The zero-order valence-electron chi connectivity index (χ0n) is 5.17. The fraction of sp³-hybridized carbons (Fsp3) is 1.00. The highest BCUT2D eigenvalue weighted by Gasteiger charge is 2.28. The van der Waals surface area contributed by atoms with Gasteiger partial charge in [0, 0.05) is 0 Å². The van der Waals surface area contributed by atoms with Gasteiger partial charge in [-0.25, -0.2) is 0 Å². The van der Waals surface area contributed by atoms with Crippen LogP contribution in [-0.2, 0) is 9.09 Å². The third-order valence-corrected chi connectivity index (χ3v) is 3.05. The molecule has 0 amide bonds. The van der Waals surface area contributed by atoms with Gasteiger partial charge in [-0.05, 0) is 4.57 Å². The summed E-state index contributed by atoms with van der Waals surface area (Å²) >= 11 is 8.21. The molecule has 6 heteroatoms. The van der Waals surface area contributed by atoms with Crippen LogP contribution in [0.1, 0.15) is 0 Å². The molecule has 0 aromatic heterocycles. The molecule has 0 rings (SSSR count). The SMILES string of the molecule is O=[P+](OCCCl)C(O)CBr. The summed E-state index contributed by atoms with van der Waals surface area (Å²) in [4.78, 5) is 0. The molecule has 2 atom stereocenters. The highest BCUT2D eigenvalue weighted by Crippen LogP contribution is 2.28. The van der Waals surface area contributed by atoms with E-state index in [0.717, 1.165) is 0 Å². The third kappa shape index (κ3) is 4.58. The van der Waals surface area contributed by atoms with Gasteiger partial charge in [-0.3, -0.25) is 0 Å². The van der Waals surface area contributed by atoms with Crippen molar-refractivity contribution in [3.63, 3.8) is 0 Å². The smallest absolute Gasteiger partial charge is 0.348 e. The van der Waals surface area contributed by atoms with Crippen molar-refractivity contribution in [2.75, 3.05) is 17.8 Å². The van der Waals surface area contributed by atoms with Crippen LogP contribution in [0.25, 0.3) is 0 Å². The second-order valence-corrected chi connectivity index (χ2v) is 3.89. The molecule has 0 saturated heterocycles. The van der Waals surface area contributed by atoms with Gasteiger partial charge in [0.25, 0.3) is 5.85 Å². The molecular formula is C4H8BrClO3P+. The fourth-order valence-electron chi connectivity index (χ4n) is 0.267. The van der Waals surface area contributed by atoms with E-state index in [1.807, 2.05) is 0 Å². The van der Waals surface area contributed by atoms with E-state index in [0.29, 0.717) is 0 Å². The lowest BCUT2D eigenvalue weighted by molar-refractivity contribution is 0.241. The summed E-state index contributed by atoms with van der Waals surface area (Å²) in [6, 6.07) is 0. The van der Waals surface area contributed by atoms with Gasteiger partial charge < -0.3 is 5.11 Å². The third-order valence-electron chi connectivity index (χ3n) is 0.677. The summed E-state index contributed by atoms with van der Waals surface area (Å²) in [6.45, 7) is 0.209. The molecule has 0 bridgehead atoms. The van der Waals surface area contributed by atoms with Crippen LogP contribution in [0.3, 0.4) is 0 Å². The first kappa shape index (κ1) is 10.8. The molecule has 0 aromatic carbocycles. The maximum atomic E-state index is 10.7. The largest absolute Gasteiger partial charge is 0.541 e. The molecule has 60 valence electrons. The molecule has 2 unspecified atom stereocenters. The quantitative estimate of drug-likeness (QED) is 0.597. The first-order chi connectivity index (χ1) is 4.72. The monoisotopic (exact) mass is 249 g/mol. The van der Waals surface area contributed by atoms with E-state index in [4.69, 9.17) is 16.7 Å². The second-order valence-electron chi connectivity index (χ2n) is 1.44. The van der Waals surface area contributed by atoms with Crippen molar-refractivity contribution in [3.8, 4) is 0 Å². The summed E-state index contributed by atoms with van der Waals surface area (Å²) in [5.74, 6) is -0.644. The van der Waals surface area contributed by atoms with Crippen LogP contribution in [-0.4, -0.2) is 28.8 Å². The first-order valence-corrected chi connectivity index (χ1v) is 5.52. The van der Waals surface area contributed by atoms with Crippen LogP contribution < -0.4 is 0 Å². The van der Waals surface area contributed by atoms with Crippen molar-refractivity contribution in [2.45, 2.75) is 5.85 Å². The van der Waals surface area contributed by atoms with E-state index in [9.17, 15) is 4.57 Å². The number of aliphatic hydroxyl groups excluding tert-OH is 1. The summed E-state index contributed by atoms with van der Waals surface area (Å²) in [5, 5.41) is 9.11. The standard InChI is InChI=1S/C4H8BrClO3P/c5-3-4(7)10(8)9-2-1-6/h4,7H,1-3H2/q+1. The van der Waals surface area contributed by atoms with E-state index >= 15 is 0 Å². The molecule has 0 aliphatic heterocycles. The molecule has 0 aliphatic carbocycles. The lowest BCUT2D eigenvalue weighted by atomic mass is 10.9. The van der Waals surface area contributed by atoms with Gasteiger partial charge in [0.05, 0.1) is 11.2 Å². The molecule has 0 saturated carbocycles. The summed E-state index contributed by atoms with van der Waals surface area (Å²) < 4.78 is 15.4. The summed E-state index contributed by atoms with van der Waals surface area (Å²) in [5.41, 5.74) is 0. The number of rotatable bonds is 5. The minimum Gasteiger partial charge on any atom is -0.348 e. The maximum Gasteiger partial charge on any atom is 0.541 e. The fourth-order valence-corrected chi connectivity index (χ4v) is 1.72. The lowest BCUT2D eigenvalue weighted by Crippen LogP contribution is -2.03. The topological polar surface area (TPSA) is 46.5 Å². The Bertz CT molecular complexity index is 113. The van der Waals surface area contributed by atoms with Gasteiger partial charge in [-0.2, -0.15) is 0 Å². The van der Waals surface area contributed by atoms with E-state index in [1.54, 1.807) is 0 Å². The molecule has 0 radical (unpaired) electrons. The van der Waals surface area contributed by atoms with Crippen LogP contribution in [0.2, 0.25) is 0 Å². The van der Waals surface area contributed by atoms with Gasteiger partial charge in [0.2, 0.25) is 0 Å². The molecule has 0 aliphatic rings. The van der Waals surface area contributed by atoms with Crippen molar-refractivity contribution < 1.29 is 14.2 Å². The van der Waals surface area contributed by atoms with Gasteiger partial charge >= 0.3 is 8.03 Å². The molecule has 0 aromatic rings. The number of hydrogen-bond acceptors (Lipinski definition) is 3. The van der Waals surface area contributed by atoms with E-state index in [2.05, 4.69) is 20.5 Å². The second kappa shape index (κ2) is 6.50. The van der Waals surface area contributed by atoms with E-state index < -0.39 is 13.9 Å². The summed E-state index contributed by atoms with van der Waals surface area (Å²) in [7, 11) is -1.97. The van der Waals surface area contributed by atoms with E-state index in [1.165, 1.54) is 0 Å². The predicted molar refractivity (Wildman–Crippen MR) is 44.1 cm³/mol. The van der Waals surface area contributed by atoms with Crippen molar-refractivity contribution in [1.82, 2.24) is 0 Å². The Morgan fingerprint density at radius 1 is 1.80 bits per heavy atom. The molecule has 0 fully saturated rings. The van der Waals surface area contributed by atoms with Crippen LogP contribution in [0.15, 0.2) is 0 Å². The molecule has 0 heterocycles.